The molecule has 0 aliphatic heterocycles. The van der Waals surface area contributed by atoms with Crippen LogP contribution in [0, 0.1) is 6.92 Å². The molecule has 6 nitrogen and oxygen atoms in total. The number of hydrogen-bond acceptors (Lipinski definition) is 4. The smallest absolute Gasteiger partial charge is 0.287 e. The second-order valence-electron chi connectivity index (χ2n) is 5.32. The van der Waals surface area contributed by atoms with E-state index in [1.54, 1.807) is 26.2 Å². The zero-order chi connectivity index (χ0) is 16.3. The Balaban J connectivity index is 2.15. The van der Waals surface area contributed by atoms with E-state index >= 15 is 0 Å². The maximum absolute atomic E-state index is 12.2. The number of methoxy groups -OCH3 is 1. The van der Waals surface area contributed by atoms with Gasteiger partial charge in [-0.15, -0.1) is 0 Å². The highest BCUT2D eigenvalue weighted by Gasteiger charge is 2.18. The molecule has 0 fully saturated rings. The molecule has 0 saturated heterocycles. The van der Waals surface area contributed by atoms with Crippen LogP contribution in [0.3, 0.4) is 0 Å². The van der Waals surface area contributed by atoms with Gasteiger partial charge >= 0.3 is 0 Å². The summed E-state index contributed by atoms with van der Waals surface area (Å²) in [6.45, 7) is 5.43. The number of carbonyl (C=O) groups is 2. The quantitative estimate of drug-likeness (QED) is 0.885. The second-order valence-corrected chi connectivity index (χ2v) is 5.32. The molecule has 2 N–H and O–H groups in total. The van der Waals surface area contributed by atoms with Crippen molar-refractivity contribution in [3.63, 3.8) is 0 Å². The number of aryl methyl sites for hydroxylation is 1. The van der Waals surface area contributed by atoms with Crippen molar-refractivity contribution in [3.05, 3.63) is 29.5 Å². The molecule has 22 heavy (non-hydrogen) atoms. The Kier molecular flexibility index (Phi) is 4.70. The number of rotatable bonds is 5. The van der Waals surface area contributed by atoms with Crippen molar-refractivity contribution >= 4 is 22.8 Å². The summed E-state index contributed by atoms with van der Waals surface area (Å²) in [5.74, 6) is 0.255. The fraction of sp³-hybridized carbons (Fsp3) is 0.375. The molecular formula is C16H20N2O4. The average Bonchev–Trinajstić information content (AvgIpc) is 2.81. The first-order chi connectivity index (χ1) is 10.4. The SMILES string of the molecule is COc1ccc2oc(C(=O)NCC(=O)NC(C)C)c(C)c2c1. The molecule has 2 rings (SSSR count). The molecule has 6 heteroatoms. The van der Waals surface area contributed by atoms with Crippen LogP contribution in [0.25, 0.3) is 11.0 Å². The molecule has 1 heterocycles. The van der Waals surface area contributed by atoms with Crippen LogP contribution in [0.4, 0.5) is 0 Å². The van der Waals surface area contributed by atoms with Crippen molar-refractivity contribution in [2.75, 3.05) is 13.7 Å². The van der Waals surface area contributed by atoms with E-state index < -0.39 is 5.91 Å². The highest BCUT2D eigenvalue weighted by Crippen LogP contribution is 2.28. The molecule has 2 amide bonds. The van der Waals surface area contributed by atoms with Gasteiger partial charge in [0.05, 0.1) is 13.7 Å². The van der Waals surface area contributed by atoms with Crippen molar-refractivity contribution in [3.8, 4) is 5.75 Å². The predicted octanol–water partition coefficient (Wildman–Crippen LogP) is 2.00. The third-order valence-electron chi connectivity index (χ3n) is 3.21. The third-order valence-corrected chi connectivity index (χ3v) is 3.21. The maximum Gasteiger partial charge on any atom is 0.287 e. The summed E-state index contributed by atoms with van der Waals surface area (Å²) >= 11 is 0. The number of amides is 2. The van der Waals surface area contributed by atoms with E-state index in [2.05, 4.69) is 10.6 Å². The number of carbonyl (C=O) groups excluding carboxylic acids is 2. The van der Waals surface area contributed by atoms with Crippen LogP contribution in [-0.2, 0) is 4.79 Å². The van der Waals surface area contributed by atoms with Crippen LogP contribution in [0.1, 0.15) is 30.0 Å². The third kappa shape index (κ3) is 3.39. The van der Waals surface area contributed by atoms with Gasteiger partial charge in [0, 0.05) is 17.0 Å². The number of ether oxygens (including phenoxy) is 1. The predicted molar refractivity (Wildman–Crippen MR) is 83.1 cm³/mol. The van der Waals surface area contributed by atoms with Crippen LogP contribution in [0.15, 0.2) is 22.6 Å². The van der Waals surface area contributed by atoms with E-state index in [1.807, 2.05) is 19.9 Å². The molecule has 2 aromatic rings. The number of hydrogen-bond donors (Lipinski definition) is 2. The number of benzene rings is 1. The van der Waals surface area contributed by atoms with Gasteiger partial charge < -0.3 is 19.8 Å². The van der Waals surface area contributed by atoms with Crippen molar-refractivity contribution in [1.29, 1.82) is 0 Å². The standard InChI is InChI=1S/C16H20N2O4/c1-9(2)18-14(19)8-17-16(20)15-10(3)12-7-11(21-4)5-6-13(12)22-15/h5-7,9H,8H2,1-4H3,(H,17,20)(H,18,19). The van der Waals surface area contributed by atoms with Gasteiger partial charge in [-0.2, -0.15) is 0 Å². The summed E-state index contributed by atoms with van der Waals surface area (Å²) in [7, 11) is 1.58. The highest BCUT2D eigenvalue weighted by molar-refractivity contribution is 6.00. The molecule has 0 spiro atoms. The van der Waals surface area contributed by atoms with Gasteiger partial charge in [0.25, 0.3) is 5.91 Å². The maximum atomic E-state index is 12.2. The Hall–Kier alpha value is -2.50. The number of furan rings is 1. The lowest BCUT2D eigenvalue weighted by atomic mass is 10.1. The van der Waals surface area contributed by atoms with E-state index in [1.165, 1.54) is 0 Å². The van der Waals surface area contributed by atoms with Crippen molar-refractivity contribution in [2.24, 2.45) is 0 Å². The van der Waals surface area contributed by atoms with Gasteiger partial charge in [0.15, 0.2) is 5.76 Å². The second kappa shape index (κ2) is 6.51. The minimum absolute atomic E-state index is 0.0322. The fourth-order valence-corrected chi connectivity index (χ4v) is 2.16. The monoisotopic (exact) mass is 304 g/mol. The van der Waals surface area contributed by atoms with Gasteiger partial charge in [-0.3, -0.25) is 9.59 Å². The van der Waals surface area contributed by atoms with E-state index in [4.69, 9.17) is 9.15 Å². The molecule has 0 atom stereocenters. The van der Waals surface area contributed by atoms with Crippen LogP contribution >= 0.6 is 0 Å². The van der Waals surface area contributed by atoms with E-state index in [9.17, 15) is 9.59 Å². The van der Waals surface area contributed by atoms with Crippen molar-refractivity contribution < 1.29 is 18.7 Å². The number of nitrogens with one attached hydrogen (secondary N) is 2. The lowest BCUT2D eigenvalue weighted by Crippen LogP contribution is -2.39. The fourth-order valence-electron chi connectivity index (χ4n) is 2.16. The highest BCUT2D eigenvalue weighted by atomic mass is 16.5. The molecule has 0 unspecified atom stereocenters. The Morgan fingerprint density at radius 2 is 2.05 bits per heavy atom. The van der Waals surface area contributed by atoms with Crippen LogP contribution in [0.5, 0.6) is 5.75 Å². The van der Waals surface area contributed by atoms with Gasteiger partial charge in [0.1, 0.15) is 11.3 Å². The Labute approximate surface area is 128 Å². The minimum Gasteiger partial charge on any atom is -0.497 e. The van der Waals surface area contributed by atoms with E-state index in [0.717, 1.165) is 10.9 Å². The lowest BCUT2D eigenvalue weighted by molar-refractivity contribution is -0.120. The Morgan fingerprint density at radius 1 is 1.32 bits per heavy atom. The molecule has 0 bridgehead atoms. The molecule has 0 radical (unpaired) electrons. The molecule has 118 valence electrons. The van der Waals surface area contributed by atoms with Crippen LogP contribution in [-0.4, -0.2) is 31.5 Å². The summed E-state index contributed by atoms with van der Waals surface area (Å²) in [6.07, 6.45) is 0. The molecule has 1 aromatic carbocycles. The molecular weight excluding hydrogens is 284 g/mol. The molecule has 1 aromatic heterocycles. The first-order valence-electron chi connectivity index (χ1n) is 7.07. The van der Waals surface area contributed by atoms with E-state index in [0.29, 0.717) is 11.3 Å². The van der Waals surface area contributed by atoms with Crippen LogP contribution in [0.2, 0.25) is 0 Å². The normalized spacial score (nSPS) is 10.8. The summed E-state index contributed by atoms with van der Waals surface area (Å²) < 4.78 is 10.7. The molecule has 0 saturated carbocycles. The topological polar surface area (TPSA) is 80.6 Å². The molecule has 0 aliphatic carbocycles. The first kappa shape index (κ1) is 15.9. The summed E-state index contributed by atoms with van der Waals surface area (Å²) in [5.41, 5.74) is 1.32. The van der Waals surface area contributed by atoms with Gasteiger partial charge in [-0.1, -0.05) is 0 Å². The summed E-state index contributed by atoms with van der Waals surface area (Å²) in [5, 5.41) is 6.08. The minimum atomic E-state index is -0.411. The Morgan fingerprint density at radius 3 is 2.68 bits per heavy atom. The average molecular weight is 304 g/mol. The van der Waals surface area contributed by atoms with Crippen molar-refractivity contribution in [2.45, 2.75) is 26.8 Å². The van der Waals surface area contributed by atoms with E-state index in [-0.39, 0.29) is 24.3 Å². The zero-order valence-corrected chi connectivity index (χ0v) is 13.1. The summed E-state index contributed by atoms with van der Waals surface area (Å²) in [4.78, 5) is 23.7. The zero-order valence-electron chi connectivity index (χ0n) is 13.1. The lowest BCUT2D eigenvalue weighted by Gasteiger charge is -2.08. The van der Waals surface area contributed by atoms with Crippen molar-refractivity contribution in [1.82, 2.24) is 10.6 Å². The molecule has 0 aliphatic rings. The Bertz CT molecular complexity index is 703. The van der Waals surface area contributed by atoms with Gasteiger partial charge in [-0.25, -0.2) is 0 Å². The van der Waals surface area contributed by atoms with Crippen LogP contribution < -0.4 is 15.4 Å². The largest absolute Gasteiger partial charge is 0.497 e. The van der Waals surface area contributed by atoms with Gasteiger partial charge in [-0.05, 0) is 39.0 Å². The van der Waals surface area contributed by atoms with Gasteiger partial charge in [0.2, 0.25) is 5.91 Å². The summed E-state index contributed by atoms with van der Waals surface area (Å²) in [6, 6.07) is 5.37. The first-order valence-corrected chi connectivity index (χ1v) is 7.07. The number of fused-ring (bicyclic) bond motifs is 1.